The van der Waals surface area contributed by atoms with Crippen LogP contribution in [0.3, 0.4) is 0 Å². The molecule has 0 saturated carbocycles. The molecule has 0 saturated heterocycles. The monoisotopic (exact) mass is 266 g/mol. The Bertz CT molecular complexity index is 442. The molecule has 1 N–H and O–H groups in total. The Hall–Kier alpha value is -1.12. The highest BCUT2D eigenvalue weighted by molar-refractivity contribution is 7.95. The third-order valence-corrected chi connectivity index (χ3v) is 4.31. The Labute approximate surface area is 111 Å². The van der Waals surface area contributed by atoms with Crippen LogP contribution in [0.1, 0.15) is 5.56 Å². The van der Waals surface area contributed by atoms with E-state index in [0.29, 0.717) is 5.75 Å². The summed E-state index contributed by atoms with van der Waals surface area (Å²) in [4.78, 5) is 1.29. The molecule has 90 valence electrons. The summed E-state index contributed by atoms with van der Waals surface area (Å²) in [6.07, 6.45) is 2.24. The lowest BCUT2D eigenvalue weighted by Crippen LogP contribution is -3.00. The van der Waals surface area contributed by atoms with Crippen LogP contribution in [0.2, 0.25) is 0 Å². The number of aromatic hydroxyl groups is 1. The molecule has 17 heavy (non-hydrogen) atoms. The number of phenols is 1. The van der Waals surface area contributed by atoms with E-state index in [2.05, 4.69) is 30.5 Å². The van der Waals surface area contributed by atoms with Crippen LogP contribution in [-0.2, 0) is 16.6 Å². The lowest BCUT2D eigenvalue weighted by Gasteiger charge is -2.03. The third-order valence-electron chi connectivity index (χ3n) is 2.47. The van der Waals surface area contributed by atoms with E-state index in [-0.39, 0.29) is 23.3 Å². The first-order valence-electron chi connectivity index (χ1n) is 5.21. The number of halogens is 1. The molecule has 2 rings (SSSR count). The van der Waals surface area contributed by atoms with Crippen molar-refractivity contribution in [2.75, 3.05) is 6.26 Å². The molecule has 2 aromatic carbocycles. The zero-order valence-electron chi connectivity index (χ0n) is 9.64. The molecule has 0 radical (unpaired) electrons. The molecule has 0 aliphatic heterocycles. The highest BCUT2D eigenvalue weighted by Gasteiger charge is 2.15. The Morgan fingerprint density at radius 3 is 2.12 bits per heavy atom. The molecule has 3 heteroatoms. The van der Waals surface area contributed by atoms with Gasteiger partial charge in [-0.1, -0.05) is 30.3 Å². The average molecular weight is 267 g/mol. The number of phenolic OH excluding ortho intramolecular Hbond substituents is 1. The van der Waals surface area contributed by atoms with Gasteiger partial charge in [-0.25, -0.2) is 0 Å². The van der Waals surface area contributed by atoms with E-state index >= 15 is 0 Å². The minimum atomic E-state index is 0. The van der Waals surface area contributed by atoms with Crippen molar-refractivity contribution >= 4 is 10.9 Å². The van der Waals surface area contributed by atoms with Crippen molar-refractivity contribution in [3.63, 3.8) is 0 Å². The highest BCUT2D eigenvalue weighted by Crippen LogP contribution is 2.19. The average Bonchev–Trinajstić information content (AvgIpc) is 2.31. The summed E-state index contributed by atoms with van der Waals surface area (Å²) >= 11 is 0. The van der Waals surface area contributed by atoms with Crippen LogP contribution >= 0.6 is 0 Å². The molecule has 1 nitrogen and oxygen atoms in total. The van der Waals surface area contributed by atoms with E-state index in [1.165, 1.54) is 10.5 Å². The summed E-state index contributed by atoms with van der Waals surface area (Å²) in [6.45, 7) is 0. The van der Waals surface area contributed by atoms with Gasteiger partial charge in [-0.15, -0.1) is 0 Å². The molecule has 0 bridgehead atoms. The fraction of sp³-hybridized carbons (Fsp3) is 0.143. The van der Waals surface area contributed by atoms with E-state index in [1.54, 1.807) is 12.1 Å². The number of rotatable bonds is 3. The third kappa shape index (κ3) is 3.99. The summed E-state index contributed by atoms with van der Waals surface area (Å²) in [5, 5.41) is 9.23. The second-order valence-corrected chi connectivity index (χ2v) is 5.80. The lowest BCUT2D eigenvalue weighted by molar-refractivity contribution is -0.00000437. The molecule has 0 spiro atoms. The quantitative estimate of drug-likeness (QED) is 0.788. The van der Waals surface area contributed by atoms with Gasteiger partial charge >= 0.3 is 0 Å². The van der Waals surface area contributed by atoms with E-state index in [0.717, 1.165) is 5.75 Å². The number of benzene rings is 2. The van der Waals surface area contributed by atoms with Crippen LogP contribution in [0.4, 0.5) is 0 Å². The molecule has 0 aliphatic carbocycles. The zero-order valence-corrected chi connectivity index (χ0v) is 11.2. The number of hydrogen-bond acceptors (Lipinski definition) is 1. The molecular formula is C14H15ClOS. The summed E-state index contributed by atoms with van der Waals surface area (Å²) in [5.74, 6) is 1.39. The van der Waals surface area contributed by atoms with Crippen LogP contribution in [0.15, 0.2) is 59.5 Å². The van der Waals surface area contributed by atoms with Crippen molar-refractivity contribution in [3.8, 4) is 5.75 Å². The normalized spacial score (nSPS) is 11.6. The van der Waals surface area contributed by atoms with Gasteiger partial charge in [0.15, 0.2) is 4.90 Å². The van der Waals surface area contributed by atoms with E-state index < -0.39 is 0 Å². The Balaban J connectivity index is 0.00000144. The van der Waals surface area contributed by atoms with Gasteiger partial charge in [0.25, 0.3) is 0 Å². The van der Waals surface area contributed by atoms with Crippen molar-refractivity contribution < 1.29 is 17.5 Å². The fourth-order valence-electron chi connectivity index (χ4n) is 1.59. The molecule has 0 amide bonds. The zero-order chi connectivity index (χ0) is 11.4. The predicted molar refractivity (Wildman–Crippen MR) is 69.8 cm³/mol. The van der Waals surface area contributed by atoms with Gasteiger partial charge in [0.05, 0.1) is 0 Å². The van der Waals surface area contributed by atoms with E-state index in [9.17, 15) is 5.11 Å². The highest BCUT2D eigenvalue weighted by atomic mass is 35.5. The van der Waals surface area contributed by atoms with Crippen molar-refractivity contribution in [2.45, 2.75) is 10.6 Å². The molecule has 0 heterocycles. The van der Waals surface area contributed by atoms with Crippen LogP contribution in [0.25, 0.3) is 0 Å². The number of hydrogen-bond donors (Lipinski definition) is 1. The van der Waals surface area contributed by atoms with Crippen LogP contribution < -0.4 is 12.4 Å². The maximum absolute atomic E-state index is 9.23. The molecule has 0 aromatic heterocycles. The topological polar surface area (TPSA) is 20.2 Å². The van der Waals surface area contributed by atoms with Crippen LogP contribution in [-0.4, -0.2) is 11.4 Å². The minimum absolute atomic E-state index is 0. The minimum Gasteiger partial charge on any atom is -1.00 e. The maximum atomic E-state index is 9.23. The SMILES string of the molecule is C[S+](Cc1ccccc1)c1ccc(O)cc1.[Cl-]. The molecule has 0 aliphatic rings. The summed E-state index contributed by atoms with van der Waals surface area (Å²) in [5.41, 5.74) is 1.36. The first kappa shape index (κ1) is 13.9. The first-order valence-corrected chi connectivity index (χ1v) is 7.01. The molecule has 0 fully saturated rings. The predicted octanol–water partition coefficient (Wildman–Crippen LogP) is 0.203. The summed E-state index contributed by atoms with van der Waals surface area (Å²) < 4.78 is 0. The van der Waals surface area contributed by atoms with E-state index in [4.69, 9.17) is 0 Å². The summed E-state index contributed by atoms with van der Waals surface area (Å²) in [7, 11) is 0.196. The van der Waals surface area contributed by atoms with Crippen molar-refractivity contribution in [1.29, 1.82) is 0 Å². The van der Waals surface area contributed by atoms with E-state index in [1.807, 2.05) is 18.2 Å². The van der Waals surface area contributed by atoms with Crippen LogP contribution in [0.5, 0.6) is 5.75 Å². The van der Waals surface area contributed by atoms with Gasteiger partial charge in [-0.05, 0) is 24.3 Å². The molecule has 1 atom stereocenters. The Morgan fingerprint density at radius 1 is 0.941 bits per heavy atom. The van der Waals surface area contributed by atoms with Crippen LogP contribution in [0, 0.1) is 0 Å². The Kier molecular flexibility index (Phi) is 5.39. The molecule has 2 aromatic rings. The molecule has 1 unspecified atom stereocenters. The summed E-state index contributed by atoms with van der Waals surface area (Å²) in [6, 6.07) is 18.0. The Morgan fingerprint density at radius 2 is 1.53 bits per heavy atom. The molecular weight excluding hydrogens is 252 g/mol. The standard InChI is InChI=1S/C14H14OS.ClH/c1-16(11-12-5-3-2-4-6-12)14-9-7-13(15)8-10-14;/h2-10H,11H2,1H3;1H. The van der Waals surface area contributed by atoms with Gasteiger partial charge in [-0.3, -0.25) is 0 Å². The van der Waals surface area contributed by atoms with Crippen molar-refractivity contribution in [3.05, 3.63) is 60.2 Å². The largest absolute Gasteiger partial charge is 1.00 e. The second kappa shape index (κ2) is 6.58. The fourth-order valence-corrected chi connectivity index (χ4v) is 3.05. The van der Waals surface area contributed by atoms with Gasteiger partial charge < -0.3 is 17.5 Å². The smallest absolute Gasteiger partial charge is 0.155 e. The van der Waals surface area contributed by atoms with Gasteiger partial charge in [0, 0.05) is 16.5 Å². The van der Waals surface area contributed by atoms with Gasteiger partial charge in [-0.2, -0.15) is 0 Å². The van der Waals surface area contributed by atoms with Gasteiger partial charge in [0.1, 0.15) is 17.8 Å². The first-order chi connectivity index (χ1) is 7.75. The second-order valence-electron chi connectivity index (χ2n) is 3.76. The van der Waals surface area contributed by atoms with Gasteiger partial charge in [0.2, 0.25) is 0 Å². The van der Waals surface area contributed by atoms with Crippen molar-refractivity contribution in [2.24, 2.45) is 0 Å². The maximum Gasteiger partial charge on any atom is 0.155 e. The lowest BCUT2D eigenvalue weighted by atomic mass is 10.2. The van der Waals surface area contributed by atoms with Crippen molar-refractivity contribution in [1.82, 2.24) is 0 Å².